The van der Waals surface area contributed by atoms with E-state index in [0.717, 1.165) is 26.1 Å². The minimum Gasteiger partial charge on any atom is -0.374 e. The lowest BCUT2D eigenvalue weighted by Gasteiger charge is -2.52. The Kier molecular flexibility index (Phi) is 7.34. The molecule has 0 saturated carbocycles. The zero-order valence-corrected chi connectivity index (χ0v) is 20.5. The number of nitrogens with zero attached hydrogens (tertiary/aromatic N) is 2. The number of likely N-dealkylation sites (tertiary alicyclic amines) is 2. The normalized spacial score (nSPS) is 25.5. The van der Waals surface area contributed by atoms with Crippen LogP contribution in [0.5, 0.6) is 0 Å². The Morgan fingerprint density at radius 3 is 1.61 bits per heavy atom. The van der Waals surface area contributed by atoms with Gasteiger partial charge in [-0.05, 0) is 94.9 Å². The molecular formula is C24H48N2O2. The van der Waals surface area contributed by atoms with E-state index in [0.29, 0.717) is 12.1 Å². The van der Waals surface area contributed by atoms with Gasteiger partial charge in [-0.1, -0.05) is 0 Å². The summed E-state index contributed by atoms with van der Waals surface area (Å²) < 4.78 is 12.5. The van der Waals surface area contributed by atoms with E-state index in [-0.39, 0.29) is 22.3 Å². The molecular weight excluding hydrogens is 348 g/mol. The Balaban J connectivity index is 1.77. The second-order valence-corrected chi connectivity index (χ2v) is 12.2. The van der Waals surface area contributed by atoms with Crippen LogP contribution in [0.15, 0.2) is 0 Å². The van der Waals surface area contributed by atoms with Gasteiger partial charge in [0.05, 0.1) is 24.4 Å². The van der Waals surface area contributed by atoms with Crippen LogP contribution in [0, 0.1) is 0 Å². The van der Waals surface area contributed by atoms with Gasteiger partial charge in [-0.15, -0.1) is 0 Å². The van der Waals surface area contributed by atoms with Crippen molar-refractivity contribution in [3.05, 3.63) is 0 Å². The predicted octanol–water partition coefficient (Wildman–Crippen LogP) is 5.10. The Bertz CT molecular complexity index is 502. The van der Waals surface area contributed by atoms with Gasteiger partial charge in [-0.3, -0.25) is 9.80 Å². The van der Waals surface area contributed by atoms with E-state index >= 15 is 0 Å². The van der Waals surface area contributed by atoms with E-state index in [4.69, 9.17) is 9.47 Å². The van der Waals surface area contributed by atoms with Crippen LogP contribution in [-0.4, -0.2) is 70.5 Å². The maximum Gasteiger partial charge on any atom is 0.0629 e. The van der Waals surface area contributed by atoms with E-state index in [1.807, 2.05) is 0 Å². The molecule has 4 heteroatoms. The standard InChI is InChI=1S/C24H48N2O2/c1-21(2,3)25-15-11-19(25)18-28-24(9,10)14-13-23(7,8)26-16-12-20(26)17-27-22(4,5)6/h19-20H,11-18H2,1-10H3/t19?,20-/m0/s1. The third-order valence-corrected chi connectivity index (χ3v) is 6.64. The summed E-state index contributed by atoms with van der Waals surface area (Å²) in [7, 11) is 0. The molecule has 2 aliphatic rings. The van der Waals surface area contributed by atoms with Gasteiger partial charge in [0.1, 0.15) is 0 Å². The highest BCUT2D eigenvalue weighted by Crippen LogP contribution is 2.35. The number of hydrogen-bond donors (Lipinski definition) is 0. The fourth-order valence-electron chi connectivity index (χ4n) is 4.40. The molecule has 2 saturated heterocycles. The second-order valence-electron chi connectivity index (χ2n) is 12.2. The molecule has 1 unspecified atom stereocenters. The average Bonchev–Trinajstić information content (AvgIpc) is 2.39. The number of rotatable bonds is 9. The summed E-state index contributed by atoms with van der Waals surface area (Å²) in [5.74, 6) is 0. The molecule has 4 nitrogen and oxygen atoms in total. The zero-order valence-electron chi connectivity index (χ0n) is 20.5. The van der Waals surface area contributed by atoms with Gasteiger partial charge in [0.15, 0.2) is 0 Å². The third kappa shape index (κ3) is 6.68. The Morgan fingerprint density at radius 1 is 0.679 bits per heavy atom. The first kappa shape index (κ1) is 24.1. The Morgan fingerprint density at radius 2 is 1.18 bits per heavy atom. The molecule has 2 rings (SSSR count). The van der Waals surface area contributed by atoms with E-state index < -0.39 is 0 Å². The van der Waals surface area contributed by atoms with Crippen molar-refractivity contribution in [2.24, 2.45) is 0 Å². The minimum absolute atomic E-state index is 0.0519. The average molecular weight is 397 g/mol. The minimum atomic E-state index is -0.0707. The van der Waals surface area contributed by atoms with Crippen molar-refractivity contribution in [1.29, 1.82) is 0 Å². The molecule has 0 aromatic heterocycles. The zero-order chi connectivity index (χ0) is 21.4. The first-order valence-corrected chi connectivity index (χ1v) is 11.4. The van der Waals surface area contributed by atoms with Crippen molar-refractivity contribution >= 4 is 0 Å². The fourth-order valence-corrected chi connectivity index (χ4v) is 4.40. The lowest BCUT2D eigenvalue weighted by atomic mass is 9.85. The maximum atomic E-state index is 6.42. The lowest BCUT2D eigenvalue weighted by molar-refractivity contribution is -0.112. The Labute approximate surface area is 175 Å². The molecule has 0 radical (unpaired) electrons. The van der Waals surface area contributed by atoms with Crippen LogP contribution in [0.1, 0.15) is 94.9 Å². The summed E-state index contributed by atoms with van der Waals surface area (Å²) in [4.78, 5) is 5.22. The van der Waals surface area contributed by atoms with Crippen molar-refractivity contribution in [2.45, 2.75) is 129 Å². The molecule has 0 aliphatic carbocycles. The smallest absolute Gasteiger partial charge is 0.0629 e. The highest BCUT2D eigenvalue weighted by atomic mass is 16.5. The van der Waals surface area contributed by atoms with Crippen molar-refractivity contribution in [3.8, 4) is 0 Å². The van der Waals surface area contributed by atoms with Crippen LogP contribution in [0.4, 0.5) is 0 Å². The molecule has 2 fully saturated rings. The van der Waals surface area contributed by atoms with Crippen LogP contribution >= 0.6 is 0 Å². The quantitative estimate of drug-likeness (QED) is 0.541. The van der Waals surface area contributed by atoms with Crippen molar-refractivity contribution in [3.63, 3.8) is 0 Å². The van der Waals surface area contributed by atoms with Crippen molar-refractivity contribution < 1.29 is 9.47 Å². The molecule has 2 aliphatic heterocycles. The van der Waals surface area contributed by atoms with E-state index in [2.05, 4.69) is 79.0 Å². The summed E-state index contributed by atoms with van der Waals surface area (Å²) >= 11 is 0. The van der Waals surface area contributed by atoms with Gasteiger partial charge in [-0.2, -0.15) is 0 Å². The summed E-state index contributed by atoms with van der Waals surface area (Å²) in [6, 6.07) is 1.15. The molecule has 0 aromatic rings. The van der Waals surface area contributed by atoms with Crippen molar-refractivity contribution in [1.82, 2.24) is 9.80 Å². The summed E-state index contributed by atoms with van der Waals surface area (Å²) in [5.41, 5.74) is 0.321. The maximum absolute atomic E-state index is 6.42. The van der Waals surface area contributed by atoms with Gasteiger partial charge in [0.2, 0.25) is 0 Å². The Hall–Kier alpha value is -0.160. The fraction of sp³-hybridized carbons (Fsp3) is 1.00. The molecule has 166 valence electrons. The third-order valence-electron chi connectivity index (χ3n) is 6.64. The molecule has 2 atom stereocenters. The van der Waals surface area contributed by atoms with Crippen molar-refractivity contribution in [2.75, 3.05) is 26.3 Å². The second kappa shape index (κ2) is 8.53. The largest absolute Gasteiger partial charge is 0.374 e. The number of hydrogen-bond acceptors (Lipinski definition) is 4. The van der Waals surface area contributed by atoms with Crippen LogP contribution in [0.2, 0.25) is 0 Å². The van der Waals surface area contributed by atoms with Gasteiger partial charge in [0.25, 0.3) is 0 Å². The topological polar surface area (TPSA) is 24.9 Å². The van der Waals surface area contributed by atoms with Crippen LogP contribution in [0.25, 0.3) is 0 Å². The van der Waals surface area contributed by atoms with E-state index in [1.54, 1.807) is 0 Å². The monoisotopic (exact) mass is 396 g/mol. The van der Waals surface area contributed by atoms with Gasteiger partial charge in [-0.25, -0.2) is 0 Å². The SMILES string of the molecule is CC(C)(C)OC[C@@H]1CCN1C(C)(C)CCC(C)(C)OCC1CCN1C(C)(C)C. The molecule has 28 heavy (non-hydrogen) atoms. The van der Waals surface area contributed by atoms with Gasteiger partial charge in [0, 0.05) is 36.3 Å². The highest BCUT2D eigenvalue weighted by Gasteiger charge is 2.41. The summed E-state index contributed by atoms with van der Waals surface area (Å²) in [6.07, 6.45) is 4.76. The summed E-state index contributed by atoms with van der Waals surface area (Å²) in [6.45, 7) is 26.7. The first-order valence-electron chi connectivity index (χ1n) is 11.4. The van der Waals surface area contributed by atoms with Crippen LogP contribution < -0.4 is 0 Å². The van der Waals surface area contributed by atoms with E-state index in [9.17, 15) is 0 Å². The van der Waals surface area contributed by atoms with Gasteiger partial charge < -0.3 is 9.47 Å². The molecule has 0 aromatic carbocycles. The predicted molar refractivity (Wildman–Crippen MR) is 119 cm³/mol. The first-order chi connectivity index (χ1) is 12.6. The highest BCUT2D eigenvalue weighted by molar-refractivity contribution is 4.96. The molecule has 0 amide bonds. The lowest BCUT2D eigenvalue weighted by Crippen LogP contribution is -2.61. The van der Waals surface area contributed by atoms with Gasteiger partial charge >= 0.3 is 0 Å². The number of ether oxygens (including phenoxy) is 2. The summed E-state index contributed by atoms with van der Waals surface area (Å²) in [5, 5.41) is 0. The molecule has 0 N–H and O–H groups in total. The molecule has 0 spiro atoms. The van der Waals surface area contributed by atoms with E-state index in [1.165, 1.54) is 25.9 Å². The van der Waals surface area contributed by atoms with Crippen LogP contribution in [0.3, 0.4) is 0 Å². The molecule has 0 bridgehead atoms. The molecule has 2 heterocycles. The van der Waals surface area contributed by atoms with Crippen LogP contribution in [-0.2, 0) is 9.47 Å².